The number of nitrogens with one attached hydrogen (secondary N) is 2. The summed E-state index contributed by atoms with van der Waals surface area (Å²) in [5.74, 6) is 0.537. The van der Waals surface area contributed by atoms with Crippen LogP contribution >= 0.6 is 0 Å². The van der Waals surface area contributed by atoms with E-state index >= 15 is 0 Å². The third-order valence-electron chi connectivity index (χ3n) is 2.88. The first kappa shape index (κ1) is 15.0. The molecular weight excluding hydrogens is 266 g/mol. The maximum absolute atomic E-state index is 12.0. The number of hydrogen-bond acceptors (Lipinski definition) is 4. The van der Waals surface area contributed by atoms with Crippen LogP contribution in [0.15, 0.2) is 48.7 Å². The van der Waals surface area contributed by atoms with Gasteiger partial charge in [0.05, 0.1) is 0 Å². The Labute approximate surface area is 124 Å². The van der Waals surface area contributed by atoms with Crippen molar-refractivity contribution in [3.05, 3.63) is 54.2 Å². The fourth-order valence-corrected chi connectivity index (χ4v) is 1.83. The largest absolute Gasteiger partial charge is 0.385 e. The van der Waals surface area contributed by atoms with Crippen molar-refractivity contribution in [3.63, 3.8) is 0 Å². The van der Waals surface area contributed by atoms with Gasteiger partial charge in [-0.2, -0.15) is 0 Å². The highest BCUT2D eigenvalue weighted by atomic mass is 16.5. The third-order valence-corrected chi connectivity index (χ3v) is 2.88. The number of nitrogens with zero attached hydrogens (tertiary/aromatic N) is 1. The number of pyridine rings is 1. The number of anilines is 2. The van der Waals surface area contributed by atoms with Gasteiger partial charge in [0.1, 0.15) is 5.82 Å². The minimum atomic E-state index is -0.107. The molecule has 2 rings (SSSR count). The first-order valence-corrected chi connectivity index (χ1v) is 6.85. The van der Waals surface area contributed by atoms with Crippen molar-refractivity contribution < 1.29 is 9.53 Å². The predicted octanol–water partition coefficient (Wildman–Crippen LogP) is 2.59. The van der Waals surface area contributed by atoms with Gasteiger partial charge in [-0.3, -0.25) is 4.79 Å². The molecule has 0 aliphatic heterocycles. The Morgan fingerprint density at radius 2 is 2.05 bits per heavy atom. The molecule has 2 N–H and O–H groups in total. The lowest BCUT2D eigenvalue weighted by atomic mass is 10.2. The van der Waals surface area contributed by atoms with Crippen LogP contribution in [0.3, 0.4) is 0 Å². The third kappa shape index (κ3) is 4.89. The number of carbonyl (C=O) groups is 1. The Morgan fingerprint density at radius 3 is 2.81 bits per heavy atom. The number of ether oxygens (including phenoxy) is 1. The van der Waals surface area contributed by atoms with Crippen LogP contribution < -0.4 is 10.6 Å². The first-order valence-electron chi connectivity index (χ1n) is 6.85. The van der Waals surface area contributed by atoms with Gasteiger partial charge >= 0.3 is 0 Å². The summed E-state index contributed by atoms with van der Waals surface area (Å²) in [4.78, 5) is 16.2. The van der Waals surface area contributed by atoms with Crippen molar-refractivity contribution in [3.8, 4) is 0 Å². The van der Waals surface area contributed by atoms with Crippen LogP contribution in [-0.2, 0) is 4.74 Å². The molecule has 0 aliphatic carbocycles. The lowest BCUT2D eigenvalue weighted by molar-refractivity contribution is 0.0948. The summed E-state index contributed by atoms with van der Waals surface area (Å²) < 4.78 is 4.94. The van der Waals surface area contributed by atoms with Gasteiger partial charge in [0.25, 0.3) is 5.91 Å². The van der Waals surface area contributed by atoms with Gasteiger partial charge in [0.15, 0.2) is 0 Å². The van der Waals surface area contributed by atoms with Gasteiger partial charge in [-0.1, -0.05) is 18.2 Å². The van der Waals surface area contributed by atoms with E-state index in [4.69, 9.17) is 4.74 Å². The number of aromatic nitrogens is 1. The van der Waals surface area contributed by atoms with Gasteiger partial charge in [0.2, 0.25) is 0 Å². The molecule has 1 aromatic heterocycles. The van der Waals surface area contributed by atoms with Gasteiger partial charge in [0, 0.05) is 37.7 Å². The lowest BCUT2D eigenvalue weighted by Gasteiger charge is -2.08. The van der Waals surface area contributed by atoms with Crippen LogP contribution in [0.4, 0.5) is 11.5 Å². The molecular formula is C16H19N3O2. The normalized spacial score (nSPS) is 10.1. The number of amides is 1. The molecule has 1 aromatic carbocycles. The summed E-state index contributed by atoms with van der Waals surface area (Å²) in [6.07, 6.45) is 2.41. The van der Waals surface area contributed by atoms with E-state index < -0.39 is 0 Å². The van der Waals surface area contributed by atoms with Crippen LogP contribution in [-0.4, -0.2) is 31.2 Å². The van der Waals surface area contributed by atoms with Crippen molar-refractivity contribution in [1.29, 1.82) is 0 Å². The van der Waals surface area contributed by atoms with E-state index in [0.717, 1.165) is 12.1 Å². The second-order valence-electron chi connectivity index (χ2n) is 4.52. The highest BCUT2D eigenvalue weighted by molar-refractivity contribution is 5.94. The van der Waals surface area contributed by atoms with Crippen molar-refractivity contribution >= 4 is 17.4 Å². The topological polar surface area (TPSA) is 63.2 Å². The van der Waals surface area contributed by atoms with Crippen molar-refractivity contribution in [1.82, 2.24) is 10.3 Å². The SMILES string of the molecule is COCCCNC(=O)c1ccnc(Nc2ccccc2)c1. The molecule has 1 amide bonds. The zero-order valence-electron chi connectivity index (χ0n) is 12.0. The molecule has 21 heavy (non-hydrogen) atoms. The van der Waals surface area contributed by atoms with Crippen LogP contribution in [0.1, 0.15) is 16.8 Å². The molecule has 0 unspecified atom stereocenters. The molecule has 0 saturated carbocycles. The van der Waals surface area contributed by atoms with E-state index in [1.807, 2.05) is 30.3 Å². The Balaban J connectivity index is 1.95. The molecule has 0 aliphatic rings. The van der Waals surface area contributed by atoms with Crippen LogP contribution in [0.25, 0.3) is 0 Å². The summed E-state index contributed by atoms with van der Waals surface area (Å²) in [7, 11) is 1.65. The van der Waals surface area contributed by atoms with Crippen molar-refractivity contribution in [2.75, 3.05) is 25.6 Å². The number of benzene rings is 1. The zero-order chi connectivity index (χ0) is 14.9. The maximum atomic E-state index is 12.0. The summed E-state index contributed by atoms with van der Waals surface area (Å²) in [6, 6.07) is 13.1. The second kappa shape index (κ2) is 8.01. The molecule has 5 nitrogen and oxygen atoms in total. The molecule has 5 heteroatoms. The number of carbonyl (C=O) groups excluding carboxylic acids is 1. The number of methoxy groups -OCH3 is 1. The van der Waals surface area contributed by atoms with Crippen molar-refractivity contribution in [2.45, 2.75) is 6.42 Å². The lowest BCUT2D eigenvalue weighted by Crippen LogP contribution is -2.25. The quantitative estimate of drug-likeness (QED) is 0.768. The minimum Gasteiger partial charge on any atom is -0.385 e. The van der Waals surface area contributed by atoms with E-state index in [1.54, 1.807) is 25.4 Å². The predicted molar refractivity (Wildman–Crippen MR) is 82.8 cm³/mol. The van der Waals surface area contributed by atoms with E-state index in [2.05, 4.69) is 15.6 Å². The molecule has 1 heterocycles. The summed E-state index contributed by atoms with van der Waals surface area (Å²) >= 11 is 0. The Morgan fingerprint density at radius 1 is 1.24 bits per heavy atom. The number of para-hydroxylation sites is 1. The van der Waals surface area contributed by atoms with Crippen molar-refractivity contribution in [2.24, 2.45) is 0 Å². The first-order chi connectivity index (χ1) is 10.3. The minimum absolute atomic E-state index is 0.107. The molecule has 110 valence electrons. The highest BCUT2D eigenvalue weighted by Gasteiger charge is 2.06. The molecule has 0 spiro atoms. The Bertz CT molecular complexity index is 573. The molecule has 0 bridgehead atoms. The molecule has 0 radical (unpaired) electrons. The summed E-state index contributed by atoms with van der Waals surface area (Å²) in [5.41, 5.74) is 1.52. The van der Waals surface area contributed by atoms with E-state index in [-0.39, 0.29) is 5.91 Å². The average Bonchev–Trinajstić information content (AvgIpc) is 2.53. The van der Waals surface area contributed by atoms with Gasteiger partial charge in [-0.05, 0) is 30.7 Å². The summed E-state index contributed by atoms with van der Waals surface area (Å²) in [5, 5.41) is 6.01. The van der Waals surface area contributed by atoms with E-state index in [9.17, 15) is 4.79 Å². The van der Waals surface area contributed by atoms with Gasteiger partial charge < -0.3 is 15.4 Å². The highest BCUT2D eigenvalue weighted by Crippen LogP contribution is 2.14. The fourth-order valence-electron chi connectivity index (χ4n) is 1.83. The molecule has 0 saturated heterocycles. The Kier molecular flexibility index (Phi) is 5.72. The van der Waals surface area contributed by atoms with E-state index in [0.29, 0.717) is 24.5 Å². The van der Waals surface area contributed by atoms with E-state index in [1.165, 1.54) is 0 Å². The molecule has 2 aromatic rings. The summed E-state index contributed by atoms with van der Waals surface area (Å²) in [6.45, 7) is 1.23. The van der Waals surface area contributed by atoms with Crippen LogP contribution in [0, 0.1) is 0 Å². The fraction of sp³-hybridized carbons (Fsp3) is 0.250. The molecule has 0 fully saturated rings. The molecule has 0 atom stereocenters. The zero-order valence-corrected chi connectivity index (χ0v) is 12.0. The number of rotatable bonds is 7. The smallest absolute Gasteiger partial charge is 0.251 e. The number of hydrogen-bond donors (Lipinski definition) is 2. The van der Waals surface area contributed by atoms with Crippen LogP contribution in [0.5, 0.6) is 0 Å². The monoisotopic (exact) mass is 285 g/mol. The van der Waals surface area contributed by atoms with Gasteiger partial charge in [-0.15, -0.1) is 0 Å². The standard InChI is InChI=1S/C16H19N3O2/c1-21-11-5-9-18-16(20)13-8-10-17-15(12-13)19-14-6-3-2-4-7-14/h2-4,6-8,10,12H,5,9,11H2,1H3,(H,17,19)(H,18,20). The van der Waals surface area contributed by atoms with Gasteiger partial charge in [-0.25, -0.2) is 4.98 Å². The maximum Gasteiger partial charge on any atom is 0.251 e. The Hall–Kier alpha value is -2.40. The van der Waals surface area contributed by atoms with Crippen LogP contribution in [0.2, 0.25) is 0 Å². The average molecular weight is 285 g/mol. The second-order valence-corrected chi connectivity index (χ2v) is 4.52.